The van der Waals surface area contributed by atoms with E-state index in [0.717, 1.165) is 42.3 Å². The van der Waals surface area contributed by atoms with Gasteiger partial charge >= 0.3 is 0 Å². The van der Waals surface area contributed by atoms with E-state index in [1.807, 2.05) is 18.2 Å². The van der Waals surface area contributed by atoms with Gasteiger partial charge < -0.3 is 10.2 Å². The SMILES string of the molecule is CCCCC(=O)Nc1cccc(Cl)c1N1CCCC1. The van der Waals surface area contributed by atoms with E-state index in [4.69, 9.17) is 11.6 Å². The number of para-hydroxylation sites is 1. The molecule has 0 aliphatic carbocycles. The second-order valence-electron chi connectivity index (χ2n) is 4.98. The first-order valence-corrected chi connectivity index (χ1v) is 7.43. The van der Waals surface area contributed by atoms with Gasteiger partial charge in [-0.1, -0.05) is 31.0 Å². The van der Waals surface area contributed by atoms with Crippen LogP contribution in [0, 0.1) is 0 Å². The van der Waals surface area contributed by atoms with Crippen molar-refractivity contribution in [2.45, 2.75) is 39.0 Å². The summed E-state index contributed by atoms with van der Waals surface area (Å²) in [6.07, 6.45) is 4.90. The van der Waals surface area contributed by atoms with Gasteiger partial charge in [0, 0.05) is 19.5 Å². The number of hydrogen-bond donors (Lipinski definition) is 1. The molecular weight excluding hydrogens is 260 g/mol. The molecule has 1 amide bonds. The fraction of sp³-hybridized carbons (Fsp3) is 0.533. The quantitative estimate of drug-likeness (QED) is 0.882. The third-order valence-corrected chi connectivity index (χ3v) is 3.75. The van der Waals surface area contributed by atoms with Gasteiger partial charge in [0.25, 0.3) is 0 Å². The van der Waals surface area contributed by atoms with Crippen molar-refractivity contribution in [3.8, 4) is 0 Å². The van der Waals surface area contributed by atoms with E-state index in [2.05, 4.69) is 17.1 Å². The number of amides is 1. The molecule has 1 aliphatic rings. The number of rotatable bonds is 5. The van der Waals surface area contributed by atoms with Gasteiger partial charge in [0.15, 0.2) is 0 Å². The van der Waals surface area contributed by atoms with Crippen molar-refractivity contribution in [2.75, 3.05) is 23.3 Å². The van der Waals surface area contributed by atoms with Crippen LogP contribution in [0.5, 0.6) is 0 Å². The topological polar surface area (TPSA) is 32.3 Å². The minimum atomic E-state index is 0.0737. The first kappa shape index (κ1) is 14.2. The molecule has 0 aromatic heterocycles. The van der Waals surface area contributed by atoms with E-state index in [1.165, 1.54) is 12.8 Å². The zero-order valence-corrected chi connectivity index (χ0v) is 12.2. The molecule has 1 aliphatic heterocycles. The van der Waals surface area contributed by atoms with Gasteiger partial charge in [-0.05, 0) is 31.4 Å². The molecule has 0 saturated carbocycles. The molecule has 104 valence electrons. The van der Waals surface area contributed by atoms with Crippen molar-refractivity contribution < 1.29 is 4.79 Å². The Labute approximate surface area is 119 Å². The normalized spacial score (nSPS) is 14.7. The lowest BCUT2D eigenvalue weighted by molar-refractivity contribution is -0.116. The zero-order chi connectivity index (χ0) is 13.7. The third kappa shape index (κ3) is 3.63. The van der Waals surface area contributed by atoms with Crippen LogP contribution >= 0.6 is 11.6 Å². The Balaban J connectivity index is 2.15. The monoisotopic (exact) mass is 280 g/mol. The van der Waals surface area contributed by atoms with Crippen LogP contribution in [0.1, 0.15) is 39.0 Å². The molecule has 3 nitrogen and oxygen atoms in total. The van der Waals surface area contributed by atoms with Crippen LogP contribution in [0.2, 0.25) is 5.02 Å². The zero-order valence-electron chi connectivity index (χ0n) is 11.4. The first-order valence-electron chi connectivity index (χ1n) is 7.05. The molecule has 0 atom stereocenters. The minimum absolute atomic E-state index is 0.0737. The fourth-order valence-electron chi connectivity index (χ4n) is 2.43. The Hall–Kier alpha value is -1.22. The third-order valence-electron chi connectivity index (χ3n) is 3.44. The standard InChI is InChI=1S/C15H21ClN2O/c1-2-3-9-14(19)17-13-8-6-7-12(16)15(13)18-10-4-5-11-18/h6-8H,2-5,9-11H2,1H3,(H,17,19). The smallest absolute Gasteiger partial charge is 0.224 e. The van der Waals surface area contributed by atoms with Crippen molar-refractivity contribution in [1.82, 2.24) is 0 Å². The highest BCUT2D eigenvalue weighted by atomic mass is 35.5. The number of benzene rings is 1. The summed E-state index contributed by atoms with van der Waals surface area (Å²) in [7, 11) is 0. The van der Waals surface area contributed by atoms with Gasteiger partial charge in [0.1, 0.15) is 0 Å². The molecule has 0 radical (unpaired) electrons. The van der Waals surface area contributed by atoms with E-state index in [0.29, 0.717) is 6.42 Å². The van der Waals surface area contributed by atoms with Gasteiger partial charge in [-0.25, -0.2) is 0 Å². The second kappa shape index (κ2) is 6.80. The summed E-state index contributed by atoms with van der Waals surface area (Å²) in [5.41, 5.74) is 1.82. The lowest BCUT2D eigenvalue weighted by Crippen LogP contribution is -2.21. The summed E-state index contributed by atoms with van der Waals surface area (Å²) in [6.45, 7) is 4.12. The predicted octanol–water partition coefficient (Wildman–Crippen LogP) is 4.07. The number of halogens is 1. The van der Waals surface area contributed by atoms with Gasteiger partial charge in [-0.2, -0.15) is 0 Å². The second-order valence-corrected chi connectivity index (χ2v) is 5.39. The number of hydrogen-bond acceptors (Lipinski definition) is 2. The maximum Gasteiger partial charge on any atom is 0.224 e. The van der Waals surface area contributed by atoms with Gasteiger partial charge in [-0.15, -0.1) is 0 Å². The Morgan fingerprint density at radius 2 is 2.11 bits per heavy atom. The average Bonchev–Trinajstić information content (AvgIpc) is 2.90. The summed E-state index contributed by atoms with van der Waals surface area (Å²) in [6, 6.07) is 5.71. The van der Waals surface area contributed by atoms with E-state index < -0.39 is 0 Å². The van der Waals surface area contributed by atoms with Crippen molar-refractivity contribution in [2.24, 2.45) is 0 Å². The molecule has 1 N–H and O–H groups in total. The van der Waals surface area contributed by atoms with E-state index in [9.17, 15) is 4.79 Å². The lowest BCUT2D eigenvalue weighted by atomic mass is 10.2. The number of unbranched alkanes of at least 4 members (excludes halogenated alkanes) is 1. The van der Waals surface area contributed by atoms with Crippen molar-refractivity contribution in [1.29, 1.82) is 0 Å². The van der Waals surface area contributed by atoms with Crippen LogP contribution in [0.3, 0.4) is 0 Å². The maximum absolute atomic E-state index is 11.9. The van der Waals surface area contributed by atoms with Crippen LogP contribution in [-0.2, 0) is 4.79 Å². The Morgan fingerprint density at radius 3 is 2.79 bits per heavy atom. The molecule has 2 rings (SSSR count). The Morgan fingerprint density at radius 1 is 1.37 bits per heavy atom. The highest BCUT2D eigenvalue weighted by Crippen LogP contribution is 2.35. The molecule has 1 heterocycles. The number of anilines is 2. The summed E-state index contributed by atoms with van der Waals surface area (Å²) < 4.78 is 0. The van der Waals surface area contributed by atoms with Crippen molar-refractivity contribution >= 4 is 28.9 Å². The molecule has 1 fully saturated rings. The van der Waals surface area contributed by atoms with Crippen LogP contribution in [0.15, 0.2) is 18.2 Å². The Bertz CT molecular complexity index is 442. The first-order chi connectivity index (χ1) is 9.22. The highest BCUT2D eigenvalue weighted by molar-refractivity contribution is 6.34. The summed E-state index contributed by atoms with van der Waals surface area (Å²) in [4.78, 5) is 14.1. The summed E-state index contributed by atoms with van der Waals surface area (Å²) in [5.74, 6) is 0.0737. The van der Waals surface area contributed by atoms with Crippen LogP contribution in [0.25, 0.3) is 0 Å². The minimum Gasteiger partial charge on any atom is -0.369 e. The number of nitrogens with zero attached hydrogens (tertiary/aromatic N) is 1. The number of nitrogens with one attached hydrogen (secondary N) is 1. The molecule has 0 bridgehead atoms. The largest absolute Gasteiger partial charge is 0.369 e. The van der Waals surface area contributed by atoms with E-state index in [1.54, 1.807) is 0 Å². The highest BCUT2D eigenvalue weighted by Gasteiger charge is 2.19. The predicted molar refractivity (Wildman–Crippen MR) is 81.1 cm³/mol. The molecule has 1 aromatic carbocycles. The van der Waals surface area contributed by atoms with E-state index in [-0.39, 0.29) is 5.91 Å². The average molecular weight is 281 g/mol. The Kier molecular flexibility index (Phi) is 5.08. The van der Waals surface area contributed by atoms with E-state index >= 15 is 0 Å². The van der Waals surface area contributed by atoms with Crippen LogP contribution in [0.4, 0.5) is 11.4 Å². The summed E-state index contributed by atoms with van der Waals surface area (Å²) >= 11 is 6.30. The molecule has 1 saturated heterocycles. The lowest BCUT2D eigenvalue weighted by Gasteiger charge is -2.23. The molecule has 1 aromatic rings. The molecule has 19 heavy (non-hydrogen) atoms. The van der Waals surface area contributed by atoms with Gasteiger partial charge in [-0.3, -0.25) is 4.79 Å². The summed E-state index contributed by atoms with van der Waals surface area (Å²) in [5, 5.41) is 3.72. The molecule has 0 spiro atoms. The fourth-order valence-corrected chi connectivity index (χ4v) is 2.72. The van der Waals surface area contributed by atoms with Gasteiger partial charge in [0.05, 0.1) is 16.4 Å². The number of carbonyl (C=O) groups is 1. The van der Waals surface area contributed by atoms with Crippen LogP contribution in [-0.4, -0.2) is 19.0 Å². The maximum atomic E-state index is 11.9. The molecular formula is C15H21ClN2O. The molecule has 4 heteroatoms. The van der Waals surface area contributed by atoms with Crippen LogP contribution < -0.4 is 10.2 Å². The van der Waals surface area contributed by atoms with Crippen molar-refractivity contribution in [3.05, 3.63) is 23.2 Å². The number of carbonyl (C=O) groups excluding carboxylic acids is 1. The van der Waals surface area contributed by atoms with Crippen molar-refractivity contribution in [3.63, 3.8) is 0 Å². The molecule has 0 unspecified atom stereocenters. The van der Waals surface area contributed by atoms with Gasteiger partial charge in [0.2, 0.25) is 5.91 Å².